The van der Waals surface area contributed by atoms with Crippen molar-refractivity contribution in [2.75, 3.05) is 13.2 Å². The molecule has 0 N–H and O–H groups in total. The van der Waals surface area contributed by atoms with Gasteiger partial charge in [-0.1, -0.05) is 73.5 Å². The molecule has 0 fully saturated rings. The van der Waals surface area contributed by atoms with Gasteiger partial charge in [-0.05, 0) is 50.7 Å². The number of benzene rings is 2. The summed E-state index contributed by atoms with van der Waals surface area (Å²) in [5.41, 5.74) is 4.71. The Morgan fingerprint density at radius 2 is 1.00 bits per heavy atom. The number of hydrogen-bond donors (Lipinski definition) is 0. The van der Waals surface area contributed by atoms with Crippen molar-refractivity contribution in [2.45, 2.75) is 53.4 Å². The number of aryl methyl sites for hydroxylation is 4. The van der Waals surface area contributed by atoms with Gasteiger partial charge in [0.1, 0.15) is 0 Å². The predicted molar refractivity (Wildman–Crippen MR) is 124 cm³/mol. The molecule has 0 spiro atoms. The first kappa shape index (κ1) is 25.3. The monoisotopic (exact) mass is 438 g/mol. The van der Waals surface area contributed by atoms with E-state index in [-0.39, 0.29) is 25.0 Å². The predicted octanol–water partition coefficient (Wildman–Crippen LogP) is 4.80. The molecule has 2 atom stereocenters. The van der Waals surface area contributed by atoms with Gasteiger partial charge in [-0.25, -0.2) is 0 Å². The second-order valence-electron chi connectivity index (χ2n) is 8.60. The molecule has 0 aliphatic rings. The van der Waals surface area contributed by atoms with E-state index < -0.39 is 17.7 Å². The van der Waals surface area contributed by atoms with Crippen molar-refractivity contribution in [3.8, 4) is 0 Å². The fraction of sp³-hybridized carbons (Fsp3) is 0.444. The molecule has 32 heavy (non-hydrogen) atoms. The van der Waals surface area contributed by atoms with E-state index >= 15 is 0 Å². The van der Waals surface area contributed by atoms with Gasteiger partial charge in [-0.2, -0.15) is 0 Å². The molecule has 0 bridgehead atoms. The highest BCUT2D eigenvalue weighted by molar-refractivity contribution is 5.85. The summed E-state index contributed by atoms with van der Waals surface area (Å²) >= 11 is 0. The zero-order chi connectivity index (χ0) is 23.5. The van der Waals surface area contributed by atoms with Crippen LogP contribution in [0.25, 0.3) is 0 Å². The highest BCUT2D eigenvalue weighted by Gasteiger charge is 2.19. The topological polar surface area (TPSA) is 69.7 Å². The van der Waals surface area contributed by atoms with Crippen LogP contribution in [0.3, 0.4) is 0 Å². The van der Waals surface area contributed by atoms with Gasteiger partial charge < -0.3 is 9.47 Å². The lowest BCUT2D eigenvalue weighted by Crippen LogP contribution is -2.25. The van der Waals surface area contributed by atoms with E-state index in [4.69, 9.17) is 9.47 Å². The summed E-state index contributed by atoms with van der Waals surface area (Å²) in [7, 11) is 0. The van der Waals surface area contributed by atoms with Crippen molar-refractivity contribution in [1.82, 2.24) is 0 Å². The second kappa shape index (κ2) is 12.8. The van der Waals surface area contributed by atoms with Gasteiger partial charge in [-0.15, -0.1) is 0 Å². The molecule has 0 aromatic heterocycles. The number of carbonyl (C=O) groups is 3. The highest BCUT2D eigenvalue weighted by Crippen LogP contribution is 2.13. The molecule has 2 aromatic rings. The first-order chi connectivity index (χ1) is 15.2. The van der Waals surface area contributed by atoms with Crippen molar-refractivity contribution >= 4 is 17.7 Å². The zero-order valence-electron chi connectivity index (χ0n) is 19.6. The van der Waals surface area contributed by atoms with Crippen molar-refractivity contribution in [3.63, 3.8) is 0 Å². The maximum absolute atomic E-state index is 12.1. The fourth-order valence-electron chi connectivity index (χ4n) is 3.14. The largest absolute Gasteiger partial charge is 0.457 e. The molecule has 0 saturated carbocycles. The van der Waals surface area contributed by atoms with Gasteiger partial charge >= 0.3 is 11.9 Å². The minimum atomic E-state index is -0.428. The minimum absolute atomic E-state index is 0.312. The van der Waals surface area contributed by atoms with Crippen LogP contribution in [-0.4, -0.2) is 30.9 Å². The van der Waals surface area contributed by atoms with E-state index in [2.05, 4.69) is 0 Å². The van der Waals surface area contributed by atoms with Crippen molar-refractivity contribution < 1.29 is 23.9 Å². The first-order valence-corrected chi connectivity index (χ1v) is 11.2. The molecule has 2 unspecified atom stereocenters. The Kier molecular flexibility index (Phi) is 10.1. The average Bonchev–Trinajstić information content (AvgIpc) is 2.79. The summed E-state index contributed by atoms with van der Waals surface area (Å²) in [5.74, 6) is -1.88. The maximum Gasteiger partial charge on any atom is 0.309 e. The number of rotatable bonds is 12. The van der Waals surface area contributed by atoms with Crippen molar-refractivity contribution in [2.24, 2.45) is 11.8 Å². The van der Waals surface area contributed by atoms with Crippen LogP contribution in [0.5, 0.6) is 0 Å². The van der Waals surface area contributed by atoms with E-state index in [1.807, 2.05) is 62.4 Å². The average molecular weight is 439 g/mol. The smallest absolute Gasteiger partial charge is 0.309 e. The number of esters is 2. The molecule has 5 heteroatoms. The summed E-state index contributed by atoms with van der Waals surface area (Å²) in [4.78, 5) is 36.2. The Morgan fingerprint density at radius 1 is 0.656 bits per heavy atom. The molecule has 172 valence electrons. The van der Waals surface area contributed by atoms with Gasteiger partial charge in [-0.3, -0.25) is 14.4 Å². The summed E-state index contributed by atoms with van der Waals surface area (Å²) in [6.07, 6.45) is 2.82. The lowest BCUT2D eigenvalue weighted by Gasteiger charge is -2.13. The fourth-order valence-corrected chi connectivity index (χ4v) is 3.14. The normalized spacial score (nSPS) is 12.6. The molecule has 0 radical (unpaired) electrons. The molecule has 5 nitrogen and oxygen atoms in total. The number of Topliss-reactive ketones (excluding diaryl/α,β-unsaturated/α-hetero) is 1. The zero-order valence-corrected chi connectivity index (χ0v) is 19.6. The minimum Gasteiger partial charge on any atom is -0.457 e. The van der Waals surface area contributed by atoms with Crippen LogP contribution in [0.2, 0.25) is 0 Å². The molecule has 0 aliphatic heterocycles. The van der Waals surface area contributed by atoms with E-state index in [1.54, 1.807) is 13.8 Å². The van der Waals surface area contributed by atoms with E-state index in [1.165, 1.54) is 11.1 Å². The number of ether oxygens (including phenoxy) is 2. The van der Waals surface area contributed by atoms with Crippen LogP contribution in [0, 0.1) is 25.7 Å². The molecule has 0 aliphatic carbocycles. The van der Waals surface area contributed by atoms with E-state index in [0.717, 1.165) is 24.0 Å². The molecular weight excluding hydrogens is 404 g/mol. The number of carbonyl (C=O) groups excluding carboxylic acids is 3. The molecule has 0 saturated heterocycles. The van der Waals surface area contributed by atoms with Crippen LogP contribution < -0.4 is 0 Å². The third-order valence-corrected chi connectivity index (χ3v) is 5.53. The van der Waals surface area contributed by atoms with Crippen molar-refractivity contribution in [1.29, 1.82) is 0 Å². The van der Waals surface area contributed by atoms with Gasteiger partial charge in [0, 0.05) is 0 Å². The van der Waals surface area contributed by atoms with Gasteiger partial charge in [0.05, 0.1) is 11.8 Å². The Morgan fingerprint density at radius 3 is 1.34 bits per heavy atom. The van der Waals surface area contributed by atoms with E-state index in [0.29, 0.717) is 12.8 Å². The maximum atomic E-state index is 12.1. The SMILES string of the molecule is Cc1ccc(CCC(C)C(=O)OCC(=O)COC(=O)C(C)CCc2ccc(C)cc2)cc1. The van der Waals surface area contributed by atoms with Crippen LogP contribution in [0.1, 0.15) is 48.9 Å². The molecule has 2 aromatic carbocycles. The molecule has 0 amide bonds. The van der Waals surface area contributed by atoms with Gasteiger partial charge in [0.25, 0.3) is 0 Å². The van der Waals surface area contributed by atoms with E-state index in [9.17, 15) is 14.4 Å². The summed E-state index contributed by atoms with van der Waals surface area (Å²) in [6.45, 7) is 6.89. The molecule has 2 rings (SSSR count). The van der Waals surface area contributed by atoms with Gasteiger partial charge in [0.2, 0.25) is 5.78 Å². The lowest BCUT2D eigenvalue weighted by molar-refractivity contribution is -0.156. The lowest BCUT2D eigenvalue weighted by atomic mass is 10.0. The third-order valence-electron chi connectivity index (χ3n) is 5.53. The second-order valence-corrected chi connectivity index (χ2v) is 8.60. The summed E-state index contributed by atoms with van der Waals surface area (Å²) in [5, 5.41) is 0. The first-order valence-electron chi connectivity index (χ1n) is 11.2. The Hall–Kier alpha value is -2.95. The Balaban J connectivity index is 1.62. The standard InChI is InChI=1S/C27H34O5/c1-19-5-11-23(12-6-19)15-9-21(3)26(29)31-17-25(28)18-32-27(30)22(4)10-16-24-13-7-20(2)8-14-24/h5-8,11-14,21-22H,9-10,15-18H2,1-4H3. The highest BCUT2D eigenvalue weighted by atomic mass is 16.6. The molecular formula is C27H34O5. The summed E-state index contributed by atoms with van der Waals surface area (Å²) in [6, 6.07) is 16.4. The number of ketones is 1. The van der Waals surface area contributed by atoms with Crippen LogP contribution in [-0.2, 0) is 36.7 Å². The molecule has 0 heterocycles. The van der Waals surface area contributed by atoms with Gasteiger partial charge in [0.15, 0.2) is 13.2 Å². The Bertz CT molecular complexity index is 810. The third kappa shape index (κ3) is 9.04. The Labute approximate surface area is 191 Å². The van der Waals surface area contributed by atoms with Crippen LogP contribution in [0.15, 0.2) is 48.5 Å². The van der Waals surface area contributed by atoms with Crippen molar-refractivity contribution in [3.05, 3.63) is 70.8 Å². The van der Waals surface area contributed by atoms with Crippen LogP contribution in [0.4, 0.5) is 0 Å². The van der Waals surface area contributed by atoms with Crippen LogP contribution >= 0.6 is 0 Å². The quantitative estimate of drug-likeness (QED) is 0.445. The summed E-state index contributed by atoms with van der Waals surface area (Å²) < 4.78 is 10.2. The number of hydrogen-bond acceptors (Lipinski definition) is 5.